The predicted molar refractivity (Wildman–Crippen MR) is 101 cm³/mol. The van der Waals surface area contributed by atoms with E-state index in [0.29, 0.717) is 17.3 Å². The van der Waals surface area contributed by atoms with E-state index in [1.807, 2.05) is 31.2 Å². The summed E-state index contributed by atoms with van der Waals surface area (Å²) >= 11 is 11.8. The van der Waals surface area contributed by atoms with Crippen LogP contribution in [0.2, 0.25) is 10.0 Å². The van der Waals surface area contributed by atoms with Crippen LogP contribution in [0.25, 0.3) is 0 Å². The summed E-state index contributed by atoms with van der Waals surface area (Å²) in [7, 11) is 0. The minimum atomic E-state index is -0.919. The standard InChI is InChI=1S/C19H19Cl2NO4/c1-12-5-3-4-6-14(12)10-22-18(23)11-25-19(24)13(2)26-17-8-7-15(20)9-16(17)21/h3-9,13H,10-11H2,1-2H3,(H,22,23)/t13-/m0/s1. The number of aryl methyl sites for hydroxylation is 1. The lowest BCUT2D eigenvalue weighted by Gasteiger charge is -2.15. The molecule has 0 aliphatic rings. The smallest absolute Gasteiger partial charge is 0.347 e. The number of halogens is 2. The van der Waals surface area contributed by atoms with Crippen LogP contribution >= 0.6 is 23.2 Å². The topological polar surface area (TPSA) is 64.6 Å². The Balaban J connectivity index is 1.78. The maximum atomic E-state index is 12.0. The minimum absolute atomic E-state index is 0.285. The van der Waals surface area contributed by atoms with Crippen LogP contribution in [0, 0.1) is 6.92 Å². The molecule has 0 unspecified atom stereocenters. The lowest BCUT2D eigenvalue weighted by Crippen LogP contribution is -2.32. The van der Waals surface area contributed by atoms with Gasteiger partial charge in [0.15, 0.2) is 12.7 Å². The van der Waals surface area contributed by atoms with Gasteiger partial charge in [0.1, 0.15) is 5.75 Å². The third-order valence-corrected chi connectivity index (χ3v) is 4.14. The molecule has 0 spiro atoms. The van der Waals surface area contributed by atoms with Crippen molar-refractivity contribution < 1.29 is 19.1 Å². The van der Waals surface area contributed by atoms with Gasteiger partial charge in [-0.15, -0.1) is 0 Å². The number of hydrogen-bond donors (Lipinski definition) is 1. The van der Waals surface area contributed by atoms with Gasteiger partial charge in [0.05, 0.1) is 5.02 Å². The molecule has 1 N–H and O–H groups in total. The summed E-state index contributed by atoms with van der Waals surface area (Å²) in [6.45, 7) is 3.46. The summed E-state index contributed by atoms with van der Waals surface area (Å²) < 4.78 is 10.4. The number of ether oxygens (including phenoxy) is 2. The third kappa shape index (κ3) is 5.93. The van der Waals surface area contributed by atoms with Crippen molar-refractivity contribution in [3.05, 3.63) is 63.6 Å². The first-order valence-corrected chi connectivity index (χ1v) is 8.72. The Hall–Kier alpha value is -2.24. The van der Waals surface area contributed by atoms with Crippen molar-refractivity contribution in [2.24, 2.45) is 0 Å². The first kappa shape index (κ1) is 20.1. The molecular weight excluding hydrogens is 377 g/mol. The van der Waals surface area contributed by atoms with E-state index >= 15 is 0 Å². The molecule has 0 radical (unpaired) electrons. The second-order valence-electron chi connectivity index (χ2n) is 5.65. The van der Waals surface area contributed by atoms with Crippen LogP contribution in [0.3, 0.4) is 0 Å². The summed E-state index contributed by atoms with van der Waals surface area (Å²) in [5.41, 5.74) is 2.08. The van der Waals surface area contributed by atoms with Gasteiger partial charge in [-0.05, 0) is 43.2 Å². The minimum Gasteiger partial charge on any atom is -0.477 e. The van der Waals surface area contributed by atoms with Crippen molar-refractivity contribution >= 4 is 35.1 Å². The van der Waals surface area contributed by atoms with Crippen molar-refractivity contribution in [1.29, 1.82) is 0 Å². The van der Waals surface area contributed by atoms with Gasteiger partial charge in [0.2, 0.25) is 0 Å². The molecule has 2 aromatic rings. The van der Waals surface area contributed by atoms with Crippen molar-refractivity contribution in [1.82, 2.24) is 5.32 Å². The van der Waals surface area contributed by atoms with E-state index in [0.717, 1.165) is 11.1 Å². The van der Waals surface area contributed by atoms with Crippen molar-refractivity contribution in [2.75, 3.05) is 6.61 Å². The first-order chi connectivity index (χ1) is 12.4. The molecule has 2 rings (SSSR count). The van der Waals surface area contributed by atoms with E-state index < -0.39 is 18.0 Å². The van der Waals surface area contributed by atoms with Gasteiger partial charge < -0.3 is 14.8 Å². The van der Waals surface area contributed by atoms with E-state index in [2.05, 4.69) is 5.32 Å². The molecule has 138 valence electrons. The Bertz CT molecular complexity index is 795. The van der Waals surface area contributed by atoms with Gasteiger partial charge >= 0.3 is 5.97 Å². The maximum Gasteiger partial charge on any atom is 0.347 e. The molecule has 0 saturated carbocycles. The Kier molecular flexibility index (Phi) is 7.30. The van der Waals surface area contributed by atoms with Gasteiger partial charge in [-0.3, -0.25) is 4.79 Å². The zero-order valence-corrected chi connectivity index (χ0v) is 15.9. The van der Waals surface area contributed by atoms with Crippen molar-refractivity contribution in [2.45, 2.75) is 26.5 Å². The van der Waals surface area contributed by atoms with E-state index in [1.165, 1.54) is 13.0 Å². The summed E-state index contributed by atoms with van der Waals surface area (Å²) in [5, 5.41) is 3.45. The number of esters is 1. The van der Waals surface area contributed by atoms with Crippen LogP contribution in [0.4, 0.5) is 0 Å². The lowest BCUT2D eigenvalue weighted by molar-refractivity contribution is -0.154. The second kappa shape index (κ2) is 9.46. The molecule has 0 heterocycles. The van der Waals surface area contributed by atoms with E-state index in [-0.39, 0.29) is 11.6 Å². The molecule has 0 bridgehead atoms. The van der Waals surface area contributed by atoms with Gasteiger partial charge in [-0.25, -0.2) is 4.79 Å². The molecule has 26 heavy (non-hydrogen) atoms. The van der Waals surface area contributed by atoms with Gasteiger partial charge in [-0.1, -0.05) is 47.5 Å². The highest BCUT2D eigenvalue weighted by Gasteiger charge is 2.19. The number of hydrogen-bond acceptors (Lipinski definition) is 4. The quantitative estimate of drug-likeness (QED) is 0.721. The fourth-order valence-electron chi connectivity index (χ4n) is 2.12. The molecule has 0 aliphatic carbocycles. The zero-order valence-electron chi connectivity index (χ0n) is 14.4. The largest absolute Gasteiger partial charge is 0.477 e. The second-order valence-corrected chi connectivity index (χ2v) is 6.49. The number of rotatable bonds is 7. The highest BCUT2D eigenvalue weighted by molar-refractivity contribution is 6.35. The average molecular weight is 396 g/mol. The first-order valence-electron chi connectivity index (χ1n) is 7.96. The van der Waals surface area contributed by atoms with Gasteiger partial charge in [0, 0.05) is 11.6 Å². The molecule has 0 aromatic heterocycles. The Morgan fingerprint density at radius 3 is 2.58 bits per heavy atom. The highest BCUT2D eigenvalue weighted by atomic mass is 35.5. The normalized spacial score (nSPS) is 11.5. The molecule has 1 amide bonds. The van der Waals surface area contributed by atoms with E-state index in [1.54, 1.807) is 12.1 Å². The van der Waals surface area contributed by atoms with Crippen LogP contribution < -0.4 is 10.1 Å². The van der Waals surface area contributed by atoms with Crippen LogP contribution in [0.1, 0.15) is 18.1 Å². The predicted octanol–water partition coefficient (Wildman–Crippen LogP) is 3.93. The fraction of sp³-hybridized carbons (Fsp3) is 0.263. The van der Waals surface area contributed by atoms with Crippen molar-refractivity contribution in [3.8, 4) is 5.75 Å². The average Bonchev–Trinajstić information content (AvgIpc) is 2.61. The highest BCUT2D eigenvalue weighted by Crippen LogP contribution is 2.28. The van der Waals surface area contributed by atoms with Crippen LogP contribution in [-0.4, -0.2) is 24.6 Å². The maximum absolute atomic E-state index is 12.0. The Morgan fingerprint density at radius 2 is 1.88 bits per heavy atom. The van der Waals surface area contributed by atoms with Crippen molar-refractivity contribution in [3.63, 3.8) is 0 Å². The molecule has 0 fully saturated rings. The SMILES string of the molecule is Cc1ccccc1CNC(=O)COC(=O)[C@H](C)Oc1ccc(Cl)cc1Cl. The van der Waals surface area contributed by atoms with E-state index in [9.17, 15) is 9.59 Å². The molecule has 1 atom stereocenters. The molecule has 5 nitrogen and oxygen atoms in total. The fourth-order valence-corrected chi connectivity index (χ4v) is 2.57. The third-order valence-electron chi connectivity index (χ3n) is 3.61. The van der Waals surface area contributed by atoms with Crippen LogP contribution in [0.15, 0.2) is 42.5 Å². The number of amides is 1. The Morgan fingerprint density at radius 1 is 1.15 bits per heavy atom. The van der Waals surface area contributed by atoms with Gasteiger partial charge in [0.25, 0.3) is 5.91 Å². The van der Waals surface area contributed by atoms with Gasteiger partial charge in [-0.2, -0.15) is 0 Å². The molecule has 7 heteroatoms. The molecule has 0 saturated heterocycles. The Labute approximate surface area is 162 Å². The molecule has 2 aromatic carbocycles. The summed E-state index contributed by atoms with van der Waals surface area (Å²) in [5.74, 6) is -0.745. The number of benzene rings is 2. The molecule has 0 aliphatic heterocycles. The van der Waals surface area contributed by atoms with Crippen LogP contribution in [-0.2, 0) is 20.9 Å². The number of carbonyl (C=O) groups is 2. The summed E-state index contributed by atoms with van der Waals surface area (Å²) in [6.07, 6.45) is -0.919. The monoisotopic (exact) mass is 395 g/mol. The summed E-state index contributed by atoms with van der Waals surface area (Å²) in [6, 6.07) is 12.4. The zero-order chi connectivity index (χ0) is 19.1. The number of nitrogens with one attached hydrogen (secondary N) is 1. The van der Waals surface area contributed by atoms with E-state index in [4.69, 9.17) is 32.7 Å². The lowest BCUT2D eigenvalue weighted by atomic mass is 10.1. The summed E-state index contributed by atoms with van der Waals surface area (Å²) in [4.78, 5) is 23.8. The van der Waals surface area contributed by atoms with Crippen LogP contribution in [0.5, 0.6) is 5.75 Å². The molecular formula is C19H19Cl2NO4. The number of carbonyl (C=O) groups excluding carboxylic acids is 2.